The summed E-state index contributed by atoms with van der Waals surface area (Å²) in [7, 11) is -12.6. The van der Waals surface area contributed by atoms with Gasteiger partial charge in [-0.25, -0.2) is 30.4 Å². The van der Waals surface area contributed by atoms with Crippen molar-refractivity contribution in [3.8, 4) is 5.75 Å². The molecule has 7 aliphatic carbocycles. The lowest BCUT2D eigenvalue weighted by molar-refractivity contribution is -0.272. The maximum absolute atomic E-state index is 15.3. The van der Waals surface area contributed by atoms with Crippen LogP contribution in [0.25, 0.3) is 0 Å². The van der Waals surface area contributed by atoms with Gasteiger partial charge >= 0.3 is 44.3 Å². The number of alkyl halides is 12. The van der Waals surface area contributed by atoms with Gasteiger partial charge in [-0.05, 0) is 268 Å². The molecular formula is C109H108F17O5S5+3. The third-order valence-electron chi connectivity index (χ3n) is 26.0. The first-order chi connectivity index (χ1) is 64.8. The van der Waals surface area contributed by atoms with Crippen molar-refractivity contribution in [2.75, 3.05) is 0 Å². The molecule has 5 nitrogen and oxygen atoms in total. The smallest absolute Gasteiger partial charge is 0.378 e. The van der Waals surface area contributed by atoms with Crippen LogP contribution in [-0.4, -0.2) is 51.0 Å². The van der Waals surface area contributed by atoms with E-state index in [0.29, 0.717) is 43.4 Å². The maximum atomic E-state index is 15.3. The van der Waals surface area contributed by atoms with E-state index in [9.17, 15) is 82.7 Å². The average Bonchev–Trinajstić information content (AvgIpc) is 0.711. The van der Waals surface area contributed by atoms with E-state index < -0.39 is 106 Å². The Morgan fingerprint density at radius 3 is 0.794 bits per heavy atom. The highest BCUT2D eigenvalue weighted by atomic mass is 32.2. The summed E-state index contributed by atoms with van der Waals surface area (Å²) >= 11 is 0. The fourth-order valence-electron chi connectivity index (χ4n) is 19.5. The van der Waals surface area contributed by atoms with Crippen LogP contribution in [-0.2, 0) is 58.1 Å². The van der Waals surface area contributed by atoms with Gasteiger partial charge < -0.3 is 4.18 Å². The predicted molar refractivity (Wildman–Crippen MR) is 503 cm³/mol. The van der Waals surface area contributed by atoms with Crippen LogP contribution in [0.4, 0.5) is 74.6 Å². The second-order valence-electron chi connectivity index (χ2n) is 35.7. The summed E-state index contributed by atoms with van der Waals surface area (Å²) in [5, 5.41) is -12.1. The lowest BCUT2D eigenvalue weighted by Gasteiger charge is -2.57. The molecule has 0 amide bonds. The van der Waals surface area contributed by atoms with E-state index in [0.717, 1.165) is 120 Å². The van der Waals surface area contributed by atoms with Crippen molar-refractivity contribution in [2.24, 2.45) is 17.8 Å². The zero-order valence-corrected chi connectivity index (χ0v) is 79.3. The van der Waals surface area contributed by atoms with Crippen LogP contribution in [0, 0.1) is 53.8 Å². The quantitative estimate of drug-likeness (QED) is 0.0222. The summed E-state index contributed by atoms with van der Waals surface area (Å²) in [6, 6.07) is 105. The van der Waals surface area contributed by atoms with Crippen molar-refractivity contribution < 1.29 is 95.7 Å². The van der Waals surface area contributed by atoms with Crippen molar-refractivity contribution >= 4 is 52.6 Å². The van der Waals surface area contributed by atoms with E-state index in [1.165, 1.54) is 63.3 Å². The van der Waals surface area contributed by atoms with Crippen molar-refractivity contribution in [1.29, 1.82) is 0 Å². The maximum Gasteiger partial charge on any atom is 0.449 e. The number of rotatable bonds is 22. The molecule has 27 heteroatoms. The third-order valence-corrected chi connectivity index (χ3v) is 36.0. The highest BCUT2D eigenvalue weighted by Crippen LogP contribution is 2.62. The molecule has 0 radical (unpaired) electrons. The van der Waals surface area contributed by atoms with Crippen molar-refractivity contribution in [3.05, 3.63) is 366 Å². The minimum Gasteiger partial charge on any atom is -0.378 e. The number of benzene rings is 12. The molecule has 19 rings (SSSR count). The number of hydrogen-bond donors (Lipinski definition) is 0. The number of halogens is 17. The Morgan fingerprint density at radius 1 is 0.309 bits per heavy atom. The van der Waals surface area contributed by atoms with Gasteiger partial charge in [0.2, 0.25) is 5.82 Å². The Morgan fingerprint density at radius 2 is 0.544 bits per heavy atom. The molecule has 0 N–H and O–H groups in total. The minimum atomic E-state index is -6.37. The van der Waals surface area contributed by atoms with E-state index in [4.69, 9.17) is 0 Å². The van der Waals surface area contributed by atoms with Crippen LogP contribution in [0.2, 0.25) is 0 Å². The lowest BCUT2D eigenvalue weighted by Crippen LogP contribution is -2.57. The lowest BCUT2D eigenvalue weighted by atomic mass is 9.48. The molecule has 720 valence electrons. The van der Waals surface area contributed by atoms with Gasteiger partial charge in [0.15, 0.2) is 67.3 Å². The van der Waals surface area contributed by atoms with E-state index in [2.05, 4.69) is 277 Å². The van der Waals surface area contributed by atoms with Gasteiger partial charge in [-0.15, -0.1) is 0 Å². The molecule has 0 unspecified atom stereocenters. The molecule has 12 aromatic carbocycles. The first-order valence-corrected chi connectivity index (χ1v) is 52.2. The molecule has 12 aromatic rings. The van der Waals surface area contributed by atoms with Crippen LogP contribution >= 0.6 is 0 Å². The molecule has 0 heterocycles. The molecule has 0 saturated heterocycles. The van der Waals surface area contributed by atoms with Crippen LogP contribution in [0.1, 0.15) is 194 Å². The van der Waals surface area contributed by atoms with E-state index >= 15 is 8.78 Å². The highest BCUT2D eigenvalue weighted by molar-refractivity contribution is 7.97. The molecule has 0 spiro atoms. The summed E-state index contributed by atoms with van der Waals surface area (Å²) in [6.45, 7) is -0.0142. The summed E-state index contributed by atoms with van der Waals surface area (Å²) in [5.74, 6) is -31.5. The van der Waals surface area contributed by atoms with E-state index in [-0.39, 0.29) is 73.9 Å². The molecule has 0 aliphatic heterocycles. The van der Waals surface area contributed by atoms with Crippen molar-refractivity contribution in [3.63, 3.8) is 0 Å². The Hall–Kier alpha value is -9.80. The number of sulfone groups is 1. The second-order valence-corrected chi connectivity index (χ2v) is 45.3. The summed E-state index contributed by atoms with van der Waals surface area (Å²) in [4.78, 5) is 11.5. The third kappa shape index (κ3) is 23.7. The summed E-state index contributed by atoms with van der Waals surface area (Å²) in [6.07, 6.45) is 18.8. The van der Waals surface area contributed by atoms with Gasteiger partial charge in [0.1, 0.15) is 5.75 Å². The van der Waals surface area contributed by atoms with Crippen molar-refractivity contribution in [2.45, 2.75) is 262 Å². The fraction of sp³-hybridized carbons (Fsp3) is 0.339. The Labute approximate surface area is 794 Å². The van der Waals surface area contributed by atoms with Gasteiger partial charge in [-0.2, -0.15) is 61.1 Å². The molecule has 136 heavy (non-hydrogen) atoms. The molecular weight excluding hydrogens is 1870 g/mol. The van der Waals surface area contributed by atoms with Crippen LogP contribution in [0.3, 0.4) is 0 Å². The molecule has 7 aliphatic rings. The standard InChI is InChI=1S/C28H38F6O2S.C20H22F6O3S.3C18H15S.C7H3F5/c1-26(29,30)27(31,32)28(33,34)37(35,36)25-23(20-13-7-3-8-14-20)17-22(19-11-5-2-6-12-19)18-24(25)21-15-9-4-10-16-21;1-17(21,22)19(23,24)20(25,26)30(27,28)29-16-4-2-15(3-5-16)18-9-12-6-13(10-18)8-14(7-12)11-18;3*1-4-10-16(11-5-1)19(17-12-6-2-7-13-17)18-14-8-3-9-15-18;1-2-3(8)5(10)7(12)6(11)4(2)9/h17-21H,2-16H2,1H3;2-5,12-14H,6-11H2,1H3;3*1-15H;1H3/q;;3*+1;. The molecule has 4 bridgehead atoms. The van der Waals surface area contributed by atoms with Crippen LogP contribution < -0.4 is 4.18 Å². The van der Waals surface area contributed by atoms with Crippen LogP contribution in [0.15, 0.2) is 358 Å². The molecule has 7 saturated carbocycles. The van der Waals surface area contributed by atoms with Gasteiger partial charge in [0.25, 0.3) is 9.84 Å². The first kappa shape index (κ1) is 104. The average molecular weight is 1980 g/mol. The predicted octanol–water partition coefficient (Wildman–Crippen LogP) is 32.3. The minimum absolute atomic E-state index is 0.0146. The Kier molecular flexibility index (Phi) is 34.3. The van der Waals surface area contributed by atoms with Crippen LogP contribution in [0.5, 0.6) is 5.75 Å². The normalized spacial score (nSPS) is 18.4. The van der Waals surface area contributed by atoms with Gasteiger partial charge in [0, 0.05) is 19.4 Å². The molecule has 0 atom stereocenters. The monoisotopic (exact) mass is 1980 g/mol. The highest BCUT2D eigenvalue weighted by Gasteiger charge is 2.78. The van der Waals surface area contributed by atoms with Crippen molar-refractivity contribution in [1.82, 2.24) is 0 Å². The zero-order chi connectivity index (χ0) is 97.4. The zero-order valence-electron chi connectivity index (χ0n) is 75.3. The molecule has 7 fully saturated rings. The number of hydrogen-bond acceptors (Lipinski definition) is 5. The second kappa shape index (κ2) is 45.0. The Balaban J connectivity index is 0.000000143. The fourth-order valence-corrected chi connectivity index (χ4v) is 28.7. The van der Waals surface area contributed by atoms with Gasteiger partial charge in [-0.3, -0.25) is 0 Å². The first-order valence-electron chi connectivity index (χ1n) is 45.7. The topological polar surface area (TPSA) is 77.5 Å². The van der Waals surface area contributed by atoms with E-state index in [1.807, 2.05) is 0 Å². The SMILES string of the molecule is CC(F)(F)C(F)(F)C(F)(F)S(=O)(=O)Oc1ccc(C23CC4CC(CC(C4)C2)C3)cc1.CC(F)(F)C(F)(F)C(F)(F)S(=O)(=O)c1c(C2CCCCC2)cc(C2CCCCC2)cc1C1CCCCC1.Cc1c(F)c(F)c(F)c(F)c1F.c1ccc([S+](c2ccccc2)c2ccccc2)cc1.c1ccc([S+](c2ccccc2)c2ccccc2)cc1.c1ccc([S+](c2ccccc2)c2ccccc2)cc1. The molecule has 0 aromatic heterocycles. The van der Waals surface area contributed by atoms with E-state index in [1.54, 1.807) is 24.3 Å². The van der Waals surface area contributed by atoms with Gasteiger partial charge in [0.05, 0.1) is 37.6 Å². The van der Waals surface area contributed by atoms with Gasteiger partial charge in [-0.1, -0.05) is 246 Å². The largest absolute Gasteiger partial charge is 0.449 e. The summed E-state index contributed by atoms with van der Waals surface area (Å²) < 4.78 is 284. The summed E-state index contributed by atoms with van der Waals surface area (Å²) in [5.41, 5.74) is 1.20. The Bertz CT molecular complexity index is 5320.